The fraction of sp³-hybridized carbons (Fsp3) is 0.0619. The molecule has 6 aliphatic carbocycles. The van der Waals surface area contributed by atoms with Crippen LogP contribution in [0.4, 0.5) is 34.1 Å². The van der Waals surface area contributed by atoms with E-state index in [1.807, 2.05) is 0 Å². The molecule has 25 rings (SSSR count). The molecule has 0 N–H and O–H groups in total. The zero-order chi connectivity index (χ0) is 77.0. The van der Waals surface area contributed by atoms with Crippen molar-refractivity contribution in [3.8, 4) is 67.0 Å². The van der Waals surface area contributed by atoms with Gasteiger partial charge in [0.05, 0.1) is 38.6 Å². The maximum absolute atomic E-state index is 2.62. The Morgan fingerprint density at radius 2 is 0.684 bits per heavy atom. The second-order valence-corrected chi connectivity index (χ2v) is 33.3. The van der Waals surface area contributed by atoms with Gasteiger partial charge in [-0.3, -0.25) is 0 Å². The van der Waals surface area contributed by atoms with Crippen LogP contribution in [-0.4, -0.2) is 9.13 Å². The van der Waals surface area contributed by atoms with Crippen LogP contribution in [0.2, 0.25) is 0 Å². The van der Waals surface area contributed by atoms with Crippen LogP contribution in [0.15, 0.2) is 413 Å². The summed E-state index contributed by atoms with van der Waals surface area (Å²) in [6.07, 6.45) is 7.67. The fourth-order valence-corrected chi connectivity index (χ4v) is 22.6. The molecule has 0 aliphatic heterocycles. The number of aromatic nitrogens is 2. The van der Waals surface area contributed by atoms with Crippen LogP contribution in [0, 0.1) is 5.92 Å². The summed E-state index contributed by atoms with van der Waals surface area (Å²) in [5.74, 6) is 0.127. The molecule has 6 aliphatic rings. The fourth-order valence-electron chi connectivity index (χ4n) is 22.6. The minimum atomic E-state index is -0.493. The zero-order valence-corrected chi connectivity index (χ0v) is 64.7. The lowest BCUT2D eigenvalue weighted by molar-refractivity contribution is 0.466. The van der Waals surface area contributed by atoms with Gasteiger partial charge in [-0.15, -0.1) is 0 Å². The molecule has 2 heterocycles. The van der Waals surface area contributed by atoms with E-state index in [4.69, 9.17) is 0 Å². The summed E-state index contributed by atoms with van der Waals surface area (Å²) in [6.45, 7) is 4.75. The van der Waals surface area contributed by atoms with E-state index in [2.05, 4.69) is 445 Å². The first kappa shape index (κ1) is 65.9. The second kappa shape index (κ2) is 24.7. The van der Waals surface area contributed by atoms with Gasteiger partial charge in [0.1, 0.15) is 0 Å². The molecule has 2 aromatic heterocycles. The molecular weight excluding hydrogens is 1410 g/mol. The van der Waals surface area contributed by atoms with Gasteiger partial charge in [-0.25, -0.2) is 0 Å². The monoisotopic (exact) mass is 1490 g/mol. The standard InChI is InChI=1S/C113H76N4/c1-111(2)96-42-20-12-34-81(96)87-57-54-80(68-103(87)111)116-106-48-26-18-40-90(106)94-66-76(55-62-109(94)116)114(74-30-8-4-9-31-74)79-53-59-89-93-65-72(50-60-102(93)113(105(89)70-79)99-45-23-15-37-84(99)85-38-16-24-46-100(85)113)73-51-61-108(92(64-73)71-28-6-3-7-29-71)117-107-49-27-19-41-91(107)95-67-77(56-63-110(95)117)115(75-32-10-5-11-33-75)78-52-58-88-86-39-17-25-47-101(86)112(104(88)69-78)97-43-21-13-35-82(97)83-36-14-22-44-98(83)112/h3-70,93,102H,1-2H3. The number of allylic oxidation sites excluding steroid dienone is 4. The number of fused-ring (bicyclic) bond motifs is 29. The normalized spacial score (nSPS) is 15.8. The average molecular weight is 1490 g/mol. The highest BCUT2D eigenvalue weighted by Crippen LogP contribution is 2.68. The van der Waals surface area contributed by atoms with E-state index in [1.165, 1.54) is 155 Å². The van der Waals surface area contributed by atoms with Crippen LogP contribution in [0.25, 0.3) is 116 Å². The summed E-state index contributed by atoms with van der Waals surface area (Å²) in [7, 11) is 0. The number of nitrogens with zero attached hydrogens (tertiary/aromatic N) is 4. The topological polar surface area (TPSA) is 16.3 Å². The number of rotatable bonds is 10. The first-order valence-corrected chi connectivity index (χ1v) is 41.2. The van der Waals surface area contributed by atoms with Crippen LogP contribution in [-0.2, 0) is 16.2 Å². The third kappa shape index (κ3) is 9.07. The first-order valence-electron chi connectivity index (χ1n) is 41.2. The lowest BCUT2D eigenvalue weighted by atomic mass is 9.65. The Labute approximate surface area is 680 Å². The van der Waals surface area contributed by atoms with Crippen molar-refractivity contribution < 1.29 is 0 Å². The Morgan fingerprint density at radius 3 is 1.26 bits per heavy atom. The highest BCUT2D eigenvalue weighted by Gasteiger charge is 2.58. The van der Waals surface area contributed by atoms with E-state index in [9.17, 15) is 0 Å². The first-order chi connectivity index (χ1) is 57.8. The van der Waals surface area contributed by atoms with Crippen molar-refractivity contribution in [3.05, 3.63) is 474 Å². The van der Waals surface area contributed by atoms with Crippen molar-refractivity contribution in [1.29, 1.82) is 0 Å². The van der Waals surface area contributed by atoms with E-state index in [0.29, 0.717) is 0 Å². The summed E-state index contributed by atoms with van der Waals surface area (Å²) in [6, 6.07) is 149. The third-order valence-electron chi connectivity index (χ3n) is 27.4. The molecule has 0 saturated heterocycles. The molecule has 117 heavy (non-hydrogen) atoms. The summed E-state index contributed by atoms with van der Waals surface area (Å²) in [5, 5.41) is 4.82. The quantitative estimate of drug-likeness (QED) is 0.136. The molecule has 548 valence electrons. The Balaban J connectivity index is 0.621. The van der Waals surface area contributed by atoms with Gasteiger partial charge >= 0.3 is 0 Å². The SMILES string of the molecule is CC1(C)c2ccccc2-c2ccc(-n3c4ccccc4c4cc(N(c5ccccc5)c5ccc6c(c5)C5(c7ccccc7-c7ccccc75)C5C=CC(c7ccc(-n8c9ccccc9c9cc(N(c%10ccccc%10)c%10ccc%11c(c%10)C%10(c%12ccccc%12-c%12ccccc%12%10)c%10ccccc%10-%11)ccc98)c(-c8ccccc8)c7)=CC65)ccc43)cc21. The Morgan fingerprint density at radius 1 is 0.265 bits per heavy atom. The maximum Gasteiger partial charge on any atom is 0.0726 e. The maximum atomic E-state index is 2.62. The summed E-state index contributed by atoms with van der Waals surface area (Å²) < 4.78 is 5.01. The summed E-state index contributed by atoms with van der Waals surface area (Å²) >= 11 is 0. The van der Waals surface area contributed by atoms with Gasteiger partial charge in [0.15, 0.2) is 0 Å². The molecule has 0 bridgehead atoms. The third-order valence-corrected chi connectivity index (χ3v) is 27.4. The lowest BCUT2D eigenvalue weighted by Crippen LogP contribution is -2.33. The van der Waals surface area contributed by atoms with Crippen molar-refractivity contribution in [2.75, 3.05) is 9.80 Å². The van der Waals surface area contributed by atoms with Gasteiger partial charge in [-0.1, -0.05) is 305 Å². The number of hydrogen-bond donors (Lipinski definition) is 0. The molecule has 4 nitrogen and oxygen atoms in total. The van der Waals surface area contributed by atoms with Crippen LogP contribution >= 0.6 is 0 Å². The van der Waals surface area contributed by atoms with Crippen molar-refractivity contribution in [3.63, 3.8) is 0 Å². The van der Waals surface area contributed by atoms with Gasteiger partial charge in [0.25, 0.3) is 0 Å². The van der Waals surface area contributed by atoms with E-state index in [1.54, 1.807) is 0 Å². The molecule has 17 aromatic carbocycles. The van der Waals surface area contributed by atoms with Gasteiger partial charge < -0.3 is 18.9 Å². The number of benzene rings is 17. The molecule has 0 amide bonds. The van der Waals surface area contributed by atoms with Gasteiger partial charge in [0.2, 0.25) is 0 Å². The number of para-hydroxylation sites is 4. The zero-order valence-electron chi connectivity index (χ0n) is 64.7. The smallest absolute Gasteiger partial charge is 0.0726 e. The molecule has 2 spiro atoms. The molecule has 4 heteroatoms. The van der Waals surface area contributed by atoms with Gasteiger partial charge in [-0.2, -0.15) is 0 Å². The van der Waals surface area contributed by atoms with Crippen molar-refractivity contribution in [2.24, 2.45) is 5.92 Å². The second-order valence-electron chi connectivity index (χ2n) is 33.3. The van der Waals surface area contributed by atoms with E-state index < -0.39 is 10.8 Å². The van der Waals surface area contributed by atoms with Gasteiger partial charge in [-0.05, 0) is 238 Å². The van der Waals surface area contributed by atoms with Crippen LogP contribution in [0.3, 0.4) is 0 Å². The Hall–Kier alpha value is -14.6. The van der Waals surface area contributed by atoms with Crippen molar-refractivity contribution in [1.82, 2.24) is 9.13 Å². The minimum absolute atomic E-state index is 0.0482. The molecule has 0 fully saturated rings. The molecule has 0 radical (unpaired) electrons. The Bertz CT molecular complexity index is 7400. The summed E-state index contributed by atoms with van der Waals surface area (Å²) in [5.41, 5.74) is 41.2. The molecular formula is C113H76N4. The van der Waals surface area contributed by atoms with Gasteiger partial charge in [0, 0.05) is 84.2 Å². The molecule has 0 saturated carbocycles. The largest absolute Gasteiger partial charge is 0.310 e. The van der Waals surface area contributed by atoms with E-state index in [0.717, 1.165) is 56.4 Å². The molecule has 19 aromatic rings. The number of hydrogen-bond acceptors (Lipinski definition) is 2. The predicted molar refractivity (Wildman–Crippen MR) is 485 cm³/mol. The minimum Gasteiger partial charge on any atom is -0.310 e. The van der Waals surface area contributed by atoms with Crippen molar-refractivity contribution >= 4 is 83.3 Å². The predicted octanol–water partition coefficient (Wildman–Crippen LogP) is 28.8. The molecule has 2 unspecified atom stereocenters. The average Bonchev–Trinajstić information content (AvgIpc) is 1.53. The highest BCUT2D eigenvalue weighted by molar-refractivity contribution is 6.13. The van der Waals surface area contributed by atoms with E-state index >= 15 is 0 Å². The summed E-state index contributed by atoms with van der Waals surface area (Å²) in [4.78, 5) is 4.97. The lowest BCUT2D eigenvalue weighted by Gasteiger charge is -2.37. The van der Waals surface area contributed by atoms with Crippen LogP contribution in [0.5, 0.6) is 0 Å². The van der Waals surface area contributed by atoms with Crippen molar-refractivity contribution in [2.45, 2.75) is 36.0 Å². The highest BCUT2D eigenvalue weighted by atomic mass is 15.2. The molecule has 2 atom stereocenters. The van der Waals surface area contributed by atoms with Crippen LogP contribution < -0.4 is 9.80 Å². The number of anilines is 6. The Kier molecular flexibility index (Phi) is 13.9. The van der Waals surface area contributed by atoms with E-state index in [-0.39, 0.29) is 17.3 Å². The van der Waals surface area contributed by atoms with Crippen LogP contribution in [0.1, 0.15) is 81.0 Å².